The highest BCUT2D eigenvalue weighted by molar-refractivity contribution is 4.91. The van der Waals surface area contributed by atoms with Gasteiger partial charge in [0.1, 0.15) is 0 Å². The van der Waals surface area contributed by atoms with Crippen molar-refractivity contribution in [1.29, 1.82) is 0 Å². The Morgan fingerprint density at radius 1 is 0.867 bits per heavy atom. The quantitative estimate of drug-likeness (QED) is 0.293. The van der Waals surface area contributed by atoms with Crippen LogP contribution >= 0.6 is 0 Å². The Morgan fingerprint density at radius 3 is 1.20 bits per heavy atom. The third kappa shape index (κ3) is 64.6. The van der Waals surface area contributed by atoms with Crippen LogP contribution in [0.2, 0.25) is 0 Å². The lowest BCUT2D eigenvalue weighted by Gasteiger charge is -1.74. The van der Waals surface area contributed by atoms with E-state index < -0.39 is 0 Å². The Labute approximate surface area is 96.8 Å². The van der Waals surface area contributed by atoms with E-state index in [4.69, 9.17) is 0 Å². The maximum absolute atomic E-state index is 3.00. The minimum Gasteiger partial charge on any atom is -0.127 e. The maximum Gasteiger partial charge on any atom is -0.00271 e. The van der Waals surface area contributed by atoms with Gasteiger partial charge in [-0.15, -0.1) is 17.6 Å². The van der Waals surface area contributed by atoms with Crippen molar-refractivity contribution in [3.05, 3.63) is 29.0 Å². The first-order chi connectivity index (χ1) is 6.95. The van der Waals surface area contributed by atoms with Crippen LogP contribution in [0, 0.1) is 11.8 Å². The van der Waals surface area contributed by atoms with E-state index in [-0.39, 0.29) is 0 Å². The van der Waals surface area contributed by atoms with Gasteiger partial charge in [-0.05, 0) is 67.0 Å². The van der Waals surface area contributed by atoms with Crippen LogP contribution in [0.15, 0.2) is 29.0 Å². The molecule has 0 saturated carbocycles. The SMILES string of the molecule is CC#CC.CC=C(C)C.CC=C=C(C)C. The molecule has 0 aliphatic carbocycles. The van der Waals surface area contributed by atoms with Gasteiger partial charge in [0.15, 0.2) is 0 Å². The Hall–Kier alpha value is -1.18. The standard InChI is InChI=1S/C6H10.C5H10.C4H6/c1-4-5-6(2)3;1-4-5(2)3;1-3-4-2/h4H,1-3H3;4H,1-3H3;1-2H3. The zero-order valence-electron chi connectivity index (χ0n) is 11.7. The van der Waals surface area contributed by atoms with Crippen molar-refractivity contribution in [2.45, 2.75) is 55.4 Å². The number of rotatable bonds is 0. The summed E-state index contributed by atoms with van der Waals surface area (Å²) in [6.07, 6.45) is 4.00. The van der Waals surface area contributed by atoms with Gasteiger partial charge in [0.05, 0.1) is 0 Å². The molecule has 0 unspecified atom stereocenters. The number of hydrogen-bond acceptors (Lipinski definition) is 0. The van der Waals surface area contributed by atoms with E-state index in [1.54, 1.807) is 0 Å². The molecule has 15 heavy (non-hydrogen) atoms. The molecule has 0 aliphatic rings. The van der Waals surface area contributed by atoms with Gasteiger partial charge in [0, 0.05) is 0 Å². The number of allylic oxidation sites excluding steroid dienone is 3. The van der Waals surface area contributed by atoms with Crippen LogP contribution in [0.25, 0.3) is 0 Å². The summed E-state index contributed by atoms with van der Waals surface area (Å²) in [5.74, 6) is 5.36. The molecular weight excluding hydrogens is 180 g/mol. The first-order valence-electron chi connectivity index (χ1n) is 5.23. The second-order valence-corrected chi connectivity index (χ2v) is 3.30. The van der Waals surface area contributed by atoms with Crippen molar-refractivity contribution < 1.29 is 0 Å². The minimum absolute atomic E-state index is 1.23. The van der Waals surface area contributed by atoms with Crippen LogP contribution in [0.4, 0.5) is 0 Å². The van der Waals surface area contributed by atoms with Gasteiger partial charge in [-0.3, -0.25) is 0 Å². The highest BCUT2D eigenvalue weighted by atomic mass is 13.7. The summed E-state index contributed by atoms with van der Waals surface area (Å²) in [6, 6.07) is 0. The third-order valence-electron chi connectivity index (χ3n) is 1.26. The van der Waals surface area contributed by atoms with Crippen molar-refractivity contribution in [3.63, 3.8) is 0 Å². The molecule has 0 saturated heterocycles. The molecule has 0 fully saturated rings. The van der Waals surface area contributed by atoms with E-state index in [1.807, 2.05) is 47.6 Å². The molecule has 0 aromatic carbocycles. The molecule has 0 nitrogen and oxygen atoms in total. The lowest BCUT2D eigenvalue weighted by Crippen LogP contribution is -1.52. The molecule has 0 N–H and O–H groups in total. The monoisotopic (exact) mass is 206 g/mol. The third-order valence-corrected chi connectivity index (χ3v) is 1.26. The van der Waals surface area contributed by atoms with Crippen molar-refractivity contribution in [2.75, 3.05) is 0 Å². The highest BCUT2D eigenvalue weighted by Gasteiger charge is 1.60. The summed E-state index contributed by atoms with van der Waals surface area (Å²) in [6.45, 7) is 15.9. The zero-order valence-corrected chi connectivity index (χ0v) is 11.7. The lowest BCUT2D eigenvalue weighted by molar-refractivity contribution is 1.36. The van der Waals surface area contributed by atoms with Crippen LogP contribution in [0.1, 0.15) is 55.4 Å². The predicted octanol–water partition coefficient (Wildman–Crippen LogP) is 5.13. The molecule has 0 radical (unpaired) electrons. The van der Waals surface area contributed by atoms with Crippen molar-refractivity contribution in [3.8, 4) is 11.8 Å². The molecule has 0 aromatic rings. The summed E-state index contributed by atoms with van der Waals surface area (Å²) in [5, 5.41) is 0. The first-order valence-corrected chi connectivity index (χ1v) is 5.23. The van der Waals surface area contributed by atoms with Crippen molar-refractivity contribution in [1.82, 2.24) is 0 Å². The molecular formula is C15H26. The minimum atomic E-state index is 1.23. The fourth-order valence-corrected chi connectivity index (χ4v) is 0.289. The van der Waals surface area contributed by atoms with E-state index in [1.165, 1.54) is 11.1 Å². The van der Waals surface area contributed by atoms with Gasteiger partial charge < -0.3 is 0 Å². The summed E-state index contributed by atoms with van der Waals surface area (Å²) in [7, 11) is 0. The average molecular weight is 206 g/mol. The fourth-order valence-electron chi connectivity index (χ4n) is 0.289. The summed E-state index contributed by atoms with van der Waals surface area (Å²) < 4.78 is 0. The number of hydrogen-bond donors (Lipinski definition) is 0. The smallest absolute Gasteiger partial charge is 0.00271 e. The van der Waals surface area contributed by atoms with Crippen LogP contribution in [-0.2, 0) is 0 Å². The fraction of sp³-hybridized carbons (Fsp3) is 0.533. The molecule has 0 spiro atoms. The summed E-state index contributed by atoms with van der Waals surface area (Å²) in [4.78, 5) is 0. The van der Waals surface area contributed by atoms with Gasteiger partial charge >= 0.3 is 0 Å². The van der Waals surface area contributed by atoms with Gasteiger partial charge in [0.2, 0.25) is 0 Å². The molecule has 0 aliphatic heterocycles. The second kappa shape index (κ2) is 18.6. The van der Waals surface area contributed by atoms with Gasteiger partial charge in [0.25, 0.3) is 0 Å². The van der Waals surface area contributed by atoms with Gasteiger partial charge in [-0.2, -0.15) is 0 Å². The molecule has 86 valence electrons. The molecule has 0 amide bonds. The predicted molar refractivity (Wildman–Crippen MR) is 72.8 cm³/mol. The Kier molecular flexibility index (Phi) is 24.0. The largest absolute Gasteiger partial charge is 0.127 e. The van der Waals surface area contributed by atoms with E-state index in [9.17, 15) is 0 Å². The molecule has 0 heterocycles. The topological polar surface area (TPSA) is 0 Å². The Bertz CT molecular complexity index is 246. The van der Waals surface area contributed by atoms with Crippen LogP contribution < -0.4 is 0 Å². The molecule has 0 atom stereocenters. The van der Waals surface area contributed by atoms with E-state index in [0.29, 0.717) is 0 Å². The average Bonchev–Trinajstić information content (AvgIpc) is 2.19. The first kappa shape index (κ1) is 19.4. The van der Waals surface area contributed by atoms with Gasteiger partial charge in [-0.25, -0.2) is 0 Å². The molecule has 0 bridgehead atoms. The molecule has 0 aromatic heterocycles. The summed E-state index contributed by atoms with van der Waals surface area (Å²) >= 11 is 0. The molecule has 0 heteroatoms. The lowest BCUT2D eigenvalue weighted by atomic mass is 10.3. The Morgan fingerprint density at radius 2 is 1.20 bits per heavy atom. The van der Waals surface area contributed by atoms with E-state index >= 15 is 0 Å². The van der Waals surface area contributed by atoms with Crippen LogP contribution in [-0.4, -0.2) is 0 Å². The van der Waals surface area contributed by atoms with Crippen molar-refractivity contribution in [2.24, 2.45) is 0 Å². The molecule has 0 rings (SSSR count). The van der Waals surface area contributed by atoms with E-state index in [0.717, 1.165) is 0 Å². The highest BCUT2D eigenvalue weighted by Crippen LogP contribution is 1.82. The second-order valence-electron chi connectivity index (χ2n) is 3.30. The normalized spacial score (nSPS) is 5.87. The summed E-state index contributed by atoms with van der Waals surface area (Å²) in [5.41, 5.74) is 5.61. The van der Waals surface area contributed by atoms with Gasteiger partial charge in [-0.1, -0.05) is 11.6 Å². The van der Waals surface area contributed by atoms with E-state index in [2.05, 4.69) is 37.5 Å². The maximum atomic E-state index is 3.00. The zero-order chi connectivity index (χ0) is 12.7. The van der Waals surface area contributed by atoms with Crippen molar-refractivity contribution >= 4 is 0 Å². The Balaban J connectivity index is -0.000000147. The van der Waals surface area contributed by atoms with Crippen LogP contribution in [0.3, 0.4) is 0 Å². The van der Waals surface area contributed by atoms with Crippen LogP contribution in [0.5, 0.6) is 0 Å².